The highest BCUT2D eigenvalue weighted by atomic mass is 16.6. The second kappa shape index (κ2) is 5.79. The van der Waals surface area contributed by atoms with E-state index in [1.54, 1.807) is 0 Å². The molecule has 0 amide bonds. The van der Waals surface area contributed by atoms with Gasteiger partial charge in [-0.2, -0.15) is 0 Å². The van der Waals surface area contributed by atoms with Gasteiger partial charge < -0.3 is 14.6 Å². The molecule has 3 saturated carbocycles. The Bertz CT molecular complexity index is 425. The van der Waals surface area contributed by atoms with Crippen LogP contribution in [0, 0.1) is 22.7 Å². The fraction of sp³-hybridized carbons (Fsp3) is 0.944. The van der Waals surface area contributed by atoms with E-state index in [-0.39, 0.29) is 24.1 Å². The predicted octanol–water partition coefficient (Wildman–Crippen LogP) is 3.17. The molecule has 0 aromatic rings. The van der Waals surface area contributed by atoms with Crippen molar-refractivity contribution in [3.8, 4) is 0 Å². The van der Waals surface area contributed by atoms with Crippen molar-refractivity contribution in [1.82, 2.24) is 0 Å². The molecule has 0 aliphatic heterocycles. The number of carbonyl (C=O) groups excluding carboxylic acids is 1. The van der Waals surface area contributed by atoms with Crippen molar-refractivity contribution in [2.45, 2.75) is 72.5 Å². The first-order valence-electron chi connectivity index (χ1n) is 8.54. The lowest BCUT2D eigenvalue weighted by Gasteiger charge is -2.64. The van der Waals surface area contributed by atoms with Crippen molar-refractivity contribution in [2.75, 3.05) is 13.2 Å². The Morgan fingerprint density at radius 2 is 1.86 bits per heavy atom. The highest BCUT2D eigenvalue weighted by Gasteiger charge is 2.63. The maximum absolute atomic E-state index is 11.9. The lowest BCUT2D eigenvalue weighted by Crippen LogP contribution is -2.67. The summed E-state index contributed by atoms with van der Waals surface area (Å²) < 4.78 is 11.2. The van der Waals surface area contributed by atoms with Gasteiger partial charge in [0, 0.05) is 0 Å². The first-order valence-corrected chi connectivity index (χ1v) is 8.54. The van der Waals surface area contributed by atoms with Gasteiger partial charge in [0.05, 0.1) is 23.7 Å². The third-order valence-corrected chi connectivity index (χ3v) is 6.40. The summed E-state index contributed by atoms with van der Waals surface area (Å²) >= 11 is 0. The van der Waals surface area contributed by atoms with Crippen LogP contribution in [0.1, 0.15) is 60.8 Å². The summed E-state index contributed by atoms with van der Waals surface area (Å²) in [5, 5.41) is 10.8. The summed E-state index contributed by atoms with van der Waals surface area (Å²) in [6.45, 7) is 12.7. The van der Waals surface area contributed by atoms with Crippen LogP contribution in [0.4, 0.5) is 0 Å². The molecule has 3 aliphatic carbocycles. The largest absolute Gasteiger partial charge is 0.463 e. The predicted molar refractivity (Wildman–Crippen MR) is 85.4 cm³/mol. The molecule has 0 aromatic heterocycles. The van der Waals surface area contributed by atoms with E-state index in [1.807, 2.05) is 27.7 Å². The number of carbonyl (C=O) groups is 1. The highest BCUT2D eigenvalue weighted by molar-refractivity contribution is 5.75. The summed E-state index contributed by atoms with van der Waals surface area (Å²) in [5.41, 5.74) is -1.02. The molecule has 0 aromatic carbocycles. The lowest BCUT2D eigenvalue weighted by molar-refractivity contribution is -0.258. The van der Waals surface area contributed by atoms with Gasteiger partial charge in [-0.15, -0.1) is 0 Å². The highest BCUT2D eigenvalue weighted by Crippen LogP contribution is 2.63. The van der Waals surface area contributed by atoms with Crippen LogP contribution in [0.25, 0.3) is 0 Å². The van der Waals surface area contributed by atoms with E-state index in [2.05, 4.69) is 13.8 Å². The van der Waals surface area contributed by atoms with E-state index in [4.69, 9.17) is 9.47 Å². The third-order valence-electron chi connectivity index (χ3n) is 6.40. The van der Waals surface area contributed by atoms with Crippen LogP contribution >= 0.6 is 0 Å². The Kier molecular flexibility index (Phi) is 4.67. The molecule has 2 unspecified atom stereocenters. The van der Waals surface area contributed by atoms with E-state index < -0.39 is 11.0 Å². The van der Waals surface area contributed by atoms with Crippen LogP contribution in [0.15, 0.2) is 0 Å². The van der Waals surface area contributed by atoms with E-state index in [1.165, 1.54) is 0 Å². The van der Waals surface area contributed by atoms with Crippen LogP contribution in [0.5, 0.6) is 0 Å². The SMILES string of the molecule is CCC(C)(C)C(=O)OCCOC1CC2C[C@H](C2(C)C)[C@@]1(C)O. The number of hydrogen-bond acceptors (Lipinski definition) is 4. The number of fused-ring (bicyclic) bond motifs is 2. The standard InChI is InChI=1S/C18H32O4/c1-7-16(2,3)15(19)22-9-8-21-14-11-12-10-13(17(12,4)5)18(14,6)20/h12-14,20H,7-11H2,1-6H3/t12?,13-,14?,18-/m1/s1. The van der Waals surface area contributed by atoms with Crippen molar-refractivity contribution < 1.29 is 19.4 Å². The van der Waals surface area contributed by atoms with E-state index in [0.717, 1.165) is 19.3 Å². The summed E-state index contributed by atoms with van der Waals surface area (Å²) in [4.78, 5) is 11.9. The van der Waals surface area contributed by atoms with E-state index in [9.17, 15) is 9.90 Å². The molecule has 3 fully saturated rings. The maximum atomic E-state index is 11.9. The van der Waals surface area contributed by atoms with Crippen molar-refractivity contribution in [3.05, 3.63) is 0 Å². The minimum atomic E-state index is -0.787. The van der Waals surface area contributed by atoms with Gasteiger partial charge in [0.2, 0.25) is 0 Å². The van der Waals surface area contributed by atoms with Crippen LogP contribution in [0.2, 0.25) is 0 Å². The van der Waals surface area contributed by atoms with Gasteiger partial charge in [-0.05, 0) is 57.3 Å². The number of aliphatic hydroxyl groups is 1. The van der Waals surface area contributed by atoms with E-state index in [0.29, 0.717) is 18.4 Å². The van der Waals surface area contributed by atoms with Crippen LogP contribution in [0.3, 0.4) is 0 Å². The fourth-order valence-corrected chi connectivity index (χ4v) is 4.03. The molecule has 0 saturated heterocycles. The molecule has 0 radical (unpaired) electrons. The maximum Gasteiger partial charge on any atom is 0.311 e. The van der Waals surface area contributed by atoms with Gasteiger partial charge in [-0.3, -0.25) is 4.79 Å². The Morgan fingerprint density at radius 3 is 2.36 bits per heavy atom. The van der Waals surface area contributed by atoms with Crippen molar-refractivity contribution in [1.29, 1.82) is 0 Å². The van der Waals surface area contributed by atoms with Crippen LogP contribution < -0.4 is 0 Å². The van der Waals surface area contributed by atoms with E-state index >= 15 is 0 Å². The molecule has 4 heteroatoms. The summed E-state index contributed by atoms with van der Waals surface area (Å²) in [7, 11) is 0. The quantitative estimate of drug-likeness (QED) is 0.604. The van der Waals surface area contributed by atoms with Gasteiger partial charge in [-0.1, -0.05) is 20.8 Å². The smallest absolute Gasteiger partial charge is 0.311 e. The minimum Gasteiger partial charge on any atom is -0.463 e. The van der Waals surface area contributed by atoms with Crippen molar-refractivity contribution in [2.24, 2.45) is 22.7 Å². The van der Waals surface area contributed by atoms with Crippen LogP contribution in [-0.2, 0) is 14.3 Å². The normalized spacial score (nSPS) is 36.6. The molecule has 3 aliphatic rings. The molecule has 3 rings (SSSR count). The Balaban J connectivity index is 1.78. The number of rotatable bonds is 6. The third kappa shape index (κ3) is 2.92. The van der Waals surface area contributed by atoms with Crippen molar-refractivity contribution in [3.63, 3.8) is 0 Å². The second-order valence-corrected chi connectivity index (χ2v) is 8.50. The molecule has 128 valence electrons. The molecule has 22 heavy (non-hydrogen) atoms. The average Bonchev–Trinajstić information content (AvgIpc) is 2.43. The number of esters is 1. The molecule has 4 atom stereocenters. The fourth-order valence-electron chi connectivity index (χ4n) is 4.03. The van der Waals surface area contributed by atoms with Gasteiger partial charge >= 0.3 is 5.97 Å². The molecule has 1 N–H and O–H groups in total. The average molecular weight is 312 g/mol. The topological polar surface area (TPSA) is 55.8 Å². The zero-order valence-corrected chi connectivity index (χ0v) is 14.9. The second-order valence-electron chi connectivity index (χ2n) is 8.50. The van der Waals surface area contributed by atoms with Crippen molar-refractivity contribution >= 4 is 5.97 Å². The first kappa shape index (κ1) is 17.7. The van der Waals surface area contributed by atoms with Gasteiger partial charge in [0.15, 0.2) is 0 Å². The summed E-state index contributed by atoms with van der Waals surface area (Å²) in [6, 6.07) is 0. The number of ether oxygens (including phenoxy) is 2. The minimum absolute atomic E-state index is 0.151. The summed E-state index contributed by atoms with van der Waals surface area (Å²) in [6.07, 6.45) is 2.59. The number of hydrogen-bond donors (Lipinski definition) is 1. The molecule has 4 nitrogen and oxygen atoms in total. The first-order chi connectivity index (χ1) is 10.0. The Morgan fingerprint density at radius 1 is 1.23 bits per heavy atom. The lowest BCUT2D eigenvalue weighted by atomic mass is 9.43. The molecule has 2 bridgehead atoms. The Labute approximate surface area is 134 Å². The van der Waals surface area contributed by atoms with Gasteiger partial charge in [-0.25, -0.2) is 0 Å². The molecule has 0 heterocycles. The van der Waals surface area contributed by atoms with Gasteiger partial charge in [0.1, 0.15) is 6.61 Å². The zero-order chi connectivity index (χ0) is 16.8. The molecular formula is C18H32O4. The molecule has 0 spiro atoms. The Hall–Kier alpha value is -0.610. The monoisotopic (exact) mass is 312 g/mol. The van der Waals surface area contributed by atoms with Crippen LogP contribution in [-0.4, -0.2) is 36.0 Å². The summed E-state index contributed by atoms with van der Waals surface area (Å²) in [5.74, 6) is 0.743. The molecular weight excluding hydrogens is 280 g/mol. The van der Waals surface area contributed by atoms with Gasteiger partial charge in [0.25, 0.3) is 0 Å². The zero-order valence-electron chi connectivity index (χ0n) is 14.9.